The van der Waals surface area contributed by atoms with Gasteiger partial charge in [-0.15, -0.1) is 0 Å². The second-order valence-corrected chi connectivity index (χ2v) is 19.7. The van der Waals surface area contributed by atoms with E-state index in [2.05, 4.69) is 38.8 Å². The highest BCUT2D eigenvalue weighted by Gasteiger charge is 2.43. The van der Waals surface area contributed by atoms with Gasteiger partial charge in [-0.2, -0.15) is 0 Å². The van der Waals surface area contributed by atoms with E-state index in [1.54, 1.807) is 58.1 Å². The monoisotopic (exact) mass is 1140 g/mol. The van der Waals surface area contributed by atoms with Crippen LogP contribution in [0.2, 0.25) is 0 Å². The average molecular weight is 1140 g/mol. The highest BCUT2D eigenvalue weighted by Crippen LogP contribution is 2.36. The molecule has 5 aromatic heterocycles. The Hall–Kier alpha value is -7.66. The summed E-state index contributed by atoms with van der Waals surface area (Å²) in [6.07, 6.45) is 4.06. The number of imidazole rings is 5. The maximum absolute atomic E-state index is 11.1. The predicted octanol–water partition coefficient (Wildman–Crippen LogP) is -1.86. The standard InChI is InChI=1S/C11H17N3O2.2C10H15N3O4.C9H13N3O5.C9H11N3O2/c1-6-4-9(16-8(6)3)14-5-13-10(7(14)2)11(12)15;2*1-4-6(9(11)16)12-3-13(4)10-8(15)7(14)5(2)17-10;10-8(15)7-9(16)12(3-11-7)6-1-4(14)5(2-13)17-6;1-6-8(9(10)13)11-5-12(6)7-3-2-4-14-7/h5-6,8-9H,4H2,1-3H3,(H2,12,15);2*3,5,7-8,10,14-15H,1-2H3,(H2,11,16);3-6,13-14,16H,1-2H2,(H2,10,15);2,4-5,7H,3H2,1H3,(H2,10,13)/t6-,8+,9+;2*5-,7-,8-,10-;4-,5+,6+;7-/m01101/s1. The molecule has 4 fully saturated rings. The number of amides is 5. The van der Waals surface area contributed by atoms with E-state index in [9.17, 15) is 54.6 Å². The Bertz CT molecular complexity index is 2960. The van der Waals surface area contributed by atoms with E-state index < -0.39 is 103 Å². The Kier molecular flexibility index (Phi) is 20.3. The predicted molar refractivity (Wildman–Crippen MR) is 276 cm³/mol. The molecule has 32 nitrogen and oxygen atoms in total. The number of ether oxygens (including phenoxy) is 5. The van der Waals surface area contributed by atoms with E-state index >= 15 is 0 Å². The molecule has 0 unspecified atom stereocenters. The zero-order valence-electron chi connectivity index (χ0n) is 45.6. The van der Waals surface area contributed by atoms with Crippen LogP contribution in [0.25, 0.3) is 0 Å². The molecule has 444 valence electrons. The van der Waals surface area contributed by atoms with Gasteiger partial charge in [0.1, 0.15) is 72.1 Å². The number of aliphatic hydroxyl groups excluding tert-OH is 6. The summed E-state index contributed by atoms with van der Waals surface area (Å²) in [5, 5.41) is 67.0. The first-order valence-electron chi connectivity index (χ1n) is 25.4. The fourth-order valence-electron chi connectivity index (χ4n) is 9.33. The molecule has 5 aromatic rings. The average Bonchev–Trinajstić information content (AvgIpc) is 4.34. The summed E-state index contributed by atoms with van der Waals surface area (Å²) < 4.78 is 35.1. The molecular formula is C49H71N15O17. The van der Waals surface area contributed by atoms with Crippen molar-refractivity contribution in [2.45, 2.75) is 161 Å². The van der Waals surface area contributed by atoms with Crippen LogP contribution in [0.1, 0.15) is 153 Å². The summed E-state index contributed by atoms with van der Waals surface area (Å²) in [5.74, 6) is -3.01. The van der Waals surface area contributed by atoms with E-state index in [1.165, 1.54) is 32.7 Å². The second kappa shape index (κ2) is 26.3. The number of hydrogen-bond donors (Lipinski definition) is 12. The highest BCUT2D eigenvalue weighted by molar-refractivity contribution is 5.94. The lowest BCUT2D eigenvalue weighted by Crippen LogP contribution is -2.30. The molecular weight excluding hydrogens is 1070 g/mol. The Balaban J connectivity index is 0.000000163. The van der Waals surface area contributed by atoms with E-state index in [-0.39, 0.29) is 48.7 Å². The maximum atomic E-state index is 11.1. The first-order valence-corrected chi connectivity index (χ1v) is 25.4. The van der Waals surface area contributed by atoms with Gasteiger partial charge in [0, 0.05) is 29.9 Å². The van der Waals surface area contributed by atoms with Crippen molar-refractivity contribution in [3.05, 3.63) is 95.2 Å². The van der Waals surface area contributed by atoms with Gasteiger partial charge in [-0.05, 0) is 66.9 Å². The quantitative estimate of drug-likeness (QED) is 0.0690. The molecule has 0 aliphatic carbocycles. The zero-order chi connectivity index (χ0) is 60.1. The van der Waals surface area contributed by atoms with E-state index in [4.69, 9.17) is 57.5 Å². The smallest absolute Gasteiger partial charge is 0.272 e. The minimum absolute atomic E-state index is 0.0226. The van der Waals surface area contributed by atoms with E-state index in [0.29, 0.717) is 28.7 Å². The normalized spacial score (nSPS) is 29.0. The molecule has 81 heavy (non-hydrogen) atoms. The molecule has 0 aromatic carbocycles. The summed E-state index contributed by atoms with van der Waals surface area (Å²) >= 11 is 0. The van der Waals surface area contributed by atoms with E-state index in [1.807, 2.05) is 17.6 Å². The third-order valence-electron chi connectivity index (χ3n) is 14.3. The first kappa shape index (κ1) is 62.5. The van der Waals surface area contributed by atoms with Crippen LogP contribution in [0, 0.1) is 33.6 Å². The molecule has 10 heterocycles. The Morgan fingerprint density at radius 2 is 0.877 bits per heavy atom. The van der Waals surface area contributed by atoms with Crippen molar-refractivity contribution in [3.8, 4) is 5.88 Å². The van der Waals surface area contributed by atoms with Crippen LogP contribution in [0.5, 0.6) is 5.88 Å². The van der Waals surface area contributed by atoms with Gasteiger partial charge in [0.15, 0.2) is 24.4 Å². The summed E-state index contributed by atoms with van der Waals surface area (Å²) in [6.45, 7) is 14.2. The summed E-state index contributed by atoms with van der Waals surface area (Å²) in [7, 11) is 0. The number of rotatable bonds is 11. The largest absolute Gasteiger partial charge is 0.493 e. The minimum Gasteiger partial charge on any atom is -0.493 e. The van der Waals surface area contributed by atoms with Crippen LogP contribution >= 0.6 is 0 Å². The highest BCUT2D eigenvalue weighted by atomic mass is 16.6. The maximum Gasteiger partial charge on any atom is 0.272 e. The third-order valence-corrected chi connectivity index (χ3v) is 14.3. The second-order valence-electron chi connectivity index (χ2n) is 19.7. The molecule has 0 bridgehead atoms. The molecule has 0 spiro atoms. The Morgan fingerprint density at radius 3 is 1.19 bits per heavy atom. The molecule has 15 atom stereocenters. The van der Waals surface area contributed by atoms with Gasteiger partial charge in [0.05, 0.1) is 68.3 Å². The summed E-state index contributed by atoms with van der Waals surface area (Å²) in [5.41, 5.74) is 28.9. The number of carbonyl (C=O) groups excluding carboxylic acids is 5. The van der Waals surface area contributed by atoms with Gasteiger partial charge in [-0.3, -0.25) is 33.1 Å². The lowest BCUT2D eigenvalue weighted by atomic mass is 10.1. The van der Waals surface area contributed by atoms with Gasteiger partial charge in [0.2, 0.25) is 5.88 Å². The van der Waals surface area contributed by atoms with Crippen molar-refractivity contribution >= 4 is 29.5 Å². The minimum atomic E-state index is -1.06. The van der Waals surface area contributed by atoms with Crippen molar-refractivity contribution in [1.82, 2.24) is 47.8 Å². The van der Waals surface area contributed by atoms with Crippen LogP contribution in [-0.2, 0) is 23.7 Å². The molecule has 4 saturated heterocycles. The molecule has 10 rings (SSSR count). The molecule has 5 aliphatic rings. The fourth-order valence-corrected chi connectivity index (χ4v) is 9.33. The van der Waals surface area contributed by atoms with Crippen LogP contribution in [0.15, 0.2) is 44.0 Å². The van der Waals surface area contributed by atoms with Gasteiger partial charge in [-0.1, -0.05) is 6.92 Å². The van der Waals surface area contributed by atoms with Crippen LogP contribution in [0.3, 0.4) is 0 Å². The SMILES string of the molecule is Cc1c(C(N)=O)ncn1[C@@H]1O[C@H](C)[C@@H](O)[C@H]1O.Cc1c(C(N)=O)ncn1[C@@H]1O[C@H](C)[C@@H](O)[C@H]1O.Cc1c(C(N)=O)ncn1[C@H]1CC=CO1.Cc1c(C(N)=O)ncn1[C@H]1C[C@H](C)[C@@H](C)O1.NC(=O)c1ncn([C@H]2C[C@H](O)[C@@H](CO)O2)c1O. The number of aromatic hydroxyl groups is 1. The summed E-state index contributed by atoms with van der Waals surface area (Å²) in [6, 6.07) is 0. The third kappa shape index (κ3) is 13.6. The number of aliphatic hydroxyl groups is 6. The van der Waals surface area contributed by atoms with Crippen LogP contribution in [0.4, 0.5) is 0 Å². The number of primary amides is 5. The van der Waals surface area contributed by atoms with Crippen molar-refractivity contribution in [3.63, 3.8) is 0 Å². The van der Waals surface area contributed by atoms with Crippen molar-refractivity contribution in [2.75, 3.05) is 6.61 Å². The van der Waals surface area contributed by atoms with Crippen LogP contribution < -0.4 is 28.7 Å². The summed E-state index contributed by atoms with van der Waals surface area (Å²) in [4.78, 5) is 74.4. The van der Waals surface area contributed by atoms with Gasteiger partial charge >= 0.3 is 0 Å². The van der Waals surface area contributed by atoms with Crippen molar-refractivity contribution < 1.29 is 83.4 Å². The molecule has 5 amide bonds. The van der Waals surface area contributed by atoms with Gasteiger partial charge < -0.3 is 102 Å². The number of hydrogen-bond acceptors (Lipinski definition) is 22. The molecule has 32 heteroatoms. The van der Waals surface area contributed by atoms with Gasteiger partial charge in [0.25, 0.3) is 29.5 Å². The molecule has 0 radical (unpaired) electrons. The van der Waals surface area contributed by atoms with E-state index in [0.717, 1.165) is 24.2 Å². The number of carbonyl (C=O) groups is 5. The molecule has 0 saturated carbocycles. The van der Waals surface area contributed by atoms with Crippen molar-refractivity contribution in [2.24, 2.45) is 34.6 Å². The fraction of sp³-hybridized carbons (Fsp3) is 0.551. The topological polar surface area (TPSA) is 492 Å². The number of aromatic nitrogens is 10. The van der Waals surface area contributed by atoms with Crippen LogP contribution in [-0.4, -0.2) is 175 Å². The lowest BCUT2D eigenvalue weighted by Gasteiger charge is -2.17. The first-order chi connectivity index (χ1) is 38.1. The number of nitrogens with zero attached hydrogens (tertiary/aromatic N) is 10. The van der Waals surface area contributed by atoms with Gasteiger partial charge in [-0.25, -0.2) is 24.9 Å². The number of nitrogens with two attached hydrogens (primary N) is 5. The zero-order valence-corrected chi connectivity index (χ0v) is 45.6. The molecule has 5 aliphatic heterocycles. The molecule has 17 N–H and O–H groups in total. The Labute approximate surface area is 462 Å². The Morgan fingerprint density at radius 1 is 0.506 bits per heavy atom. The van der Waals surface area contributed by atoms with Crippen molar-refractivity contribution in [1.29, 1.82) is 0 Å². The lowest BCUT2D eigenvalue weighted by molar-refractivity contribution is -0.0461.